The number of carbonyl (C=O) groups is 2. The molecular formula is C39H46F6N8O5S. The molecule has 2 amide bonds. The van der Waals surface area contributed by atoms with E-state index < -0.39 is 73.8 Å². The van der Waals surface area contributed by atoms with Gasteiger partial charge in [-0.2, -0.15) is 18.2 Å². The molecule has 4 atom stereocenters. The molecule has 59 heavy (non-hydrogen) atoms. The zero-order valence-electron chi connectivity index (χ0n) is 32.2. The van der Waals surface area contributed by atoms with Crippen LogP contribution in [0.3, 0.4) is 0 Å². The number of anilines is 4. The number of nitrogens with one attached hydrogen (secondary N) is 3. The number of imide groups is 1. The van der Waals surface area contributed by atoms with Gasteiger partial charge in [-0.05, 0) is 93.8 Å². The third kappa shape index (κ3) is 9.92. The number of likely N-dealkylation sites (tertiary alicyclic amines) is 1. The Balaban J connectivity index is 0.910. The number of β-amino-alcohol motifs (C(OH)–C–C–N with tert-alkyl or cyclic N) is 1. The Bertz CT molecular complexity index is 2170. The van der Waals surface area contributed by atoms with Gasteiger partial charge in [0.1, 0.15) is 29.2 Å². The Labute approximate surface area is 337 Å². The van der Waals surface area contributed by atoms with Crippen LogP contribution in [0.1, 0.15) is 68.9 Å². The second-order valence-electron chi connectivity index (χ2n) is 16.2. The van der Waals surface area contributed by atoms with Crippen molar-refractivity contribution in [2.24, 2.45) is 5.92 Å². The molecule has 0 saturated carbocycles. The van der Waals surface area contributed by atoms with E-state index in [-0.39, 0.29) is 55.9 Å². The number of carbonyl (C=O) groups excluding carboxylic acids is 2. The highest BCUT2D eigenvalue weighted by atomic mass is 32.2. The third-order valence-corrected chi connectivity index (χ3v) is 13.1. The van der Waals surface area contributed by atoms with E-state index >= 15 is 13.2 Å². The number of aromatic nitrogens is 2. The third-order valence-electron chi connectivity index (χ3n) is 11.6. The Morgan fingerprint density at radius 1 is 0.983 bits per heavy atom. The first-order valence-corrected chi connectivity index (χ1v) is 21.1. The molecule has 4 saturated heterocycles. The van der Waals surface area contributed by atoms with Crippen LogP contribution >= 0.6 is 0 Å². The maximum atomic E-state index is 15.5. The number of benzene rings is 2. The van der Waals surface area contributed by atoms with Gasteiger partial charge in [0.05, 0.1) is 33.8 Å². The van der Waals surface area contributed by atoms with Crippen LogP contribution in [0.4, 0.5) is 49.5 Å². The van der Waals surface area contributed by atoms with Crippen LogP contribution < -0.4 is 25.2 Å². The number of sulfonamides is 1. The molecule has 3 aromatic rings. The van der Waals surface area contributed by atoms with Gasteiger partial charge >= 0.3 is 6.18 Å². The molecule has 5 heterocycles. The molecule has 13 nitrogen and oxygen atoms in total. The molecule has 0 bridgehead atoms. The van der Waals surface area contributed by atoms with E-state index in [9.17, 15) is 36.3 Å². The van der Waals surface area contributed by atoms with E-state index in [1.807, 2.05) is 9.80 Å². The van der Waals surface area contributed by atoms with Gasteiger partial charge in [0.15, 0.2) is 0 Å². The van der Waals surface area contributed by atoms with Gasteiger partial charge in [-0.3, -0.25) is 14.9 Å². The first kappa shape index (κ1) is 42.6. The topological polar surface area (TPSA) is 160 Å². The zero-order valence-corrected chi connectivity index (χ0v) is 33.1. The molecule has 0 radical (unpaired) electrons. The van der Waals surface area contributed by atoms with Crippen molar-refractivity contribution in [2.45, 2.75) is 86.7 Å². The molecule has 1 unspecified atom stereocenters. The van der Waals surface area contributed by atoms with E-state index in [0.717, 1.165) is 25.0 Å². The monoisotopic (exact) mass is 852 g/mol. The number of piperidine rings is 4. The zero-order chi connectivity index (χ0) is 42.3. The second-order valence-corrected chi connectivity index (χ2v) is 17.9. The van der Waals surface area contributed by atoms with Crippen LogP contribution in [0.2, 0.25) is 0 Å². The van der Waals surface area contributed by atoms with Crippen molar-refractivity contribution >= 4 is 45.0 Å². The Morgan fingerprint density at radius 3 is 2.41 bits per heavy atom. The van der Waals surface area contributed by atoms with Crippen LogP contribution in [-0.2, 0) is 25.8 Å². The fourth-order valence-corrected chi connectivity index (χ4v) is 9.73. The second kappa shape index (κ2) is 16.8. The van der Waals surface area contributed by atoms with Gasteiger partial charge in [-0.15, -0.1) is 0 Å². The first-order chi connectivity index (χ1) is 27.8. The average Bonchev–Trinajstić information content (AvgIpc) is 3.16. The van der Waals surface area contributed by atoms with Gasteiger partial charge in [0.2, 0.25) is 27.8 Å². The summed E-state index contributed by atoms with van der Waals surface area (Å²) in [6.45, 7) is 3.70. The molecule has 0 aliphatic carbocycles. The summed E-state index contributed by atoms with van der Waals surface area (Å²) in [5.41, 5.74) is -1.74. The van der Waals surface area contributed by atoms with Crippen molar-refractivity contribution in [2.75, 3.05) is 60.9 Å². The lowest BCUT2D eigenvalue weighted by Crippen LogP contribution is -2.53. The summed E-state index contributed by atoms with van der Waals surface area (Å²) in [7, 11) is -4.39. The first-order valence-electron chi connectivity index (χ1n) is 19.6. The Morgan fingerprint density at radius 2 is 1.75 bits per heavy atom. The van der Waals surface area contributed by atoms with Crippen LogP contribution in [0.15, 0.2) is 47.5 Å². The molecular weight excluding hydrogens is 807 g/mol. The summed E-state index contributed by atoms with van der Waals surface area (Å²) in [5, 5.41) is 15.3. The van der Waals surface area contributed by atoms with E-state index in [4.69, 9.17) is 0 Å². The van der Waals surface area contributed by atoms with Crippen molar-refractivity contribution in [3.8, 4) is 0 Å². The summed E-state index contributed by atoms with van der Waals surface area (Å²) >= 11 is 0. The lowest BCUT2D eigenvalue weighted by Gasteiger charge is -2.39. The molecule has 20 heteroatoms. The predicted molar refractivity (Wildman–Crippen MR) is 205 cm³/mol. The van der Waals surface area contributed by atoms with Crippen LogP contribution in [-0.4, -0.2) is 104 Å². The summed E-state index contributed by atoms with van der Waals surface area (Å²) in [4.78, 5) is 36.1. The number of hydrogen-bond acceptors (Lipinski definition) is 11. The minimum absolute atomic E-state index is 0.0227. The summed E-state index contributed by atoms with van der Waals surface area (Å²) in [6.07, 6.45) is -2.86. The largest absolute Gasteiger partial charge is 0.421 e. The number of alkyl halides is 4. The van der Waals surface area contributed by atoms with Crippen LogP contribution in [0.25, 0.3) is 0 Å². The molecule has 2 aromatic carbocycles. The lowest BCUT2D eigenvalue weighted by molar-refractivity contribution is -0.138. The van der Waals surface area contributed by atoms with Crippen molar-refractivity contribution in [1.82, 2.24) is 24.9 Å². The van der Waals surface area contributed by atoms with E-state index in [1.165, 1.54) is 17.9 Å². The quantitative estimate of drug-likeness (QED) is 0.161. The van der Waals surface area contributed by atoms with Crippen molar-refractivity contribution in [1.29, 1.82) is 0 Å². The minimum Gasteiger partial charge on any atom is -0.388 e. The molecule has 1 aromatic heterocycles. The maximum absolute atomic E-state index is 15.5. The van der Waals surface area contributed by atoms with Crippen LogP contribution in [0.5, 0.6) is 0 Å². The van der Waals surface area contributed by atoms with E-state index in [0.29, 0.717) is 69.0 Å². The normalized spacial score (nSPS) is 25.3. The number of rotatable bonds is 10. The fraction of sp³-hybridized carbons (Fsp3) is 0.538. The van der Waals surface area contributed by atoms with Crippen molar-refractivity contribution < 1.29 is 49.5 Å². The van der Waals surface area contributed by atoms with E-state index in [2.05, 4.69) is 25.3 Å². The lowest BCUT2D eigenvalue weighted by atomic mass is 9.90. The summed E-state index contributed by atoms with van der Waals surface area (Å²) < 4.78 is 116. The van der Waals surface area contributed by atoms with Gasteiger partial charge in [0.25, 0.3) is 0 Å². The Hall–Kier alpha value is -4.53. The Kier molecular flexibility index (Phi) is 12.2. The summed E-state index contributed by atoms with van der Waals surface area (Å²) in [6, 6.07) is 6.52. The molecule has 4 aliphatic rings. The molecule has 4 N–H and O–H groups in total. The van der Waals surface area contributed by atoms with Crippen molar-refractivity contribution in [3.05, 3.63) is 65.4 Å². The number of aliphatic hydroxyl groups is 1. The molecule has 4 fully saturated rings. The average molecular weight is 853 g/mol. The SMILES string of the molecule is C[C@]1(O)CCCN(c2nc(Nc3ccc(S(=O)(=O)N[C@@H]4CCN(CC5CCN(c6ccc(C7CCC(=O)NC7=O)cc6F)CC5)C[C@@H]4F)cc3F)ncc2C(F)(F)F)C1. The fourth-order valence-electron chi connectivity index (χ4n) is 8.42. The molecule has 0 spiro atoms. The standard InChI is InChI=1S/C39H46F6N8O5S/c1-38(56)12-2-13-53(22-38)35-27(39(43,44)45)19-46-37(49-35)47-31-6-4-25(18-28(31)40)59(57,58)50-32-11-14-51(21-30(32)42)20-23-9-15-52(16-10-23)33-7-3-24(17-29(33)41)26-5-8-34(54)48-36(26)55/h3-4,6-7,17-19,23,26,30,32,50,56H,2,5,8-16,20-22H2,1H3,(H,46,47,49)(H,48,54,55)/t26?,30-,32+,38-/m0/s1. The summed E-state index contributed by atoms with van der Waals surface area (Å²) in [5.74, 6) is -3.52. The molecule has 7 rings (SSSR count). The van der Waals surface area contributed by atoms with Gasteiger partial charge in [-0.25, -0.2) is 31.3 Å². The highest BCUT2D eigenvalue weighted by Crippen LogP contribution is 2.38. The van der Waals surface area contributed by atoms with E-state index in [1.54, 1.807) is 12.1 Å². The number of hydrogen-bond donors (Lipinski definition) is 4. The number of nitrogens with zero attached hydrogens (tertiary/aromatic N) is 5. The highest BCUT2D eigenvalue weighted by molar-refractivity contribution is 7.89. The number of halogens is 6. The van der Waals surface area contributed by atoms with Gasteiger partial charge in [-0.1, -0.05) is 6.07 Å². The maximum Gasteiger partial charge on any atom is 0.421 e. The molecule has 320 valence electrons. The smallest absolute Gasteiger partial charge is 0.388 e. The van der Waals surface area contributed by atoms with Gasteiger partial charge in [0, 0.05) is 51.9 Å². The van der Waals surface area contributed by atoms with Gasteiger partial charge < -0.3 is 25.1 Å². The molecule has 4 aliphatic heterocycles. The predicted octanol–water partition coefficient (Wildman–Crippen LogP) is 5.00. The van der Waals surface area contributed by atoms with Crippen molar-refractivity contribution in [3.63, 3.8) is 0 Å². The highest BCUT2D eigenvalue weighted by Gasteiger charge is 2.40. The number of amides is 2. The van der Waals surface area contributed by atoms with Crippen LogP contribution in [0, 0.1) is 17.6 Å². The minimum atomic E-state index is -4.80.